The van der Waals surface area contributed by atoms with Gasteiger partial charge in [0.25, 0.3) is 0 Å². The minimum absolute atomic E-state index is 0.0167. The van der Waals surface area contributed by atoms with Gasteiger partial charge in [-0.3, -0.25) is 9.69 Å². The molecule has 3 rings (SSSR count). The highest BCUT2D eigenvalue weighted by Crippen LogP contribution is 2.22. The van der Waals surface area contributed by atoms with Gasteiger partial charge < -0.3 is 10.2 Å². The van der Waals surface area contributed by atoms with E-state index in [0.29, 0.717) is 6.54 Å². The Morgan fingerprint density at radius 1 is 1.03 bits per heavy atom. The number of piperazine rings is 1. The fourth-order valence-electron chi connectivity index (χ4n) is 3.83. The number of benzene rings is 2. The molecule has 29 heavy (non-hydrogen) atoms. The van der Waals surface area contributed by atoms with Crippen molar-refractivity contribution >= 4 is 11.5 Å². The monoisotopic (exact) mass is 391 g/mol. The minimum Gasteiger partial charge on any atom is -0.351 e. The van der Waals surface area contributed by atoms with Gasteiger partial charge in [0.1, 0.15) is 0 Å². The normalized spacial score (nSPS) is 17.1. The highest BCUT2D eigenvalue weighted by atomic mass is 16.1. The number of hydrogen-bond donors (Lipinski definition) is 1. The Morgan fingerprint density at radius 2 is 1.69 bits per heavy atom. The molecule has 0 saturated carbocycles. The van der Waals surface area contributed by atoms with Gasteiger partial charge in [-0.25, -0.2) is 0 Å². The number of carbonyl (C=O) groups excluding carboxylic acids is 1. The molecule has 1 atom stereocenters. The van der Waals surface area contributed by atoms with Crippen LogP contribution in [0.1, 0.15) is 36.1 Å². The van der Waals surface area contributed by atoms with E-state index < -0.39 is 0 Å². The molecule has 0 aliphatic carbocycles. The van der Waals surface area contributed by atoms with Crippen molar-refractivity contribution in [3.63, 3.8) is 0 Å². The second-order valence-electron chi connectivity index (χ2n) is 7.90. The molecule has 1 saturated heterocycles. The van der Waals surface area contributed by atoms with Crippen molar-refractivity contribution in [3.05, 3.63) is 77.4 Å². The molecular weight excluding hydrogens is 358 g/mol. The topological polar surface area (TPSA) is 35.6 Å². The van der Waals surface area contributed by atoms with Gasteiger partial charge in [0, 0.05) is 38.8 Å². The van der Waals surface area contributed by atoms with Gasteiger partial charge in [-0.05, 0) is 37.1 Å². The summed E-state index contributed by atoms with van der Waals surface area (Å²) in [5, 5.41) is 3.17. The Labute approximate surface area is 175 Å². The molecule has 2 aromatic rings. The van der Waals surface area contributed by atoms with E-state index in [4.69, 9.17) is 0 Å². The highest BCUT2D eigenvalue weighted by molar-refractivity contribution is 5.95. The zero-order chi connectivity index (χ0) is 20.6. The summed E-state index contributed by atoms with van der Waals surface area (Å²) in [6.45, 7) is 8.97. The first kappa shape index (κ1) is 21.3. The lowest BCUT2D eigenvalue weighted by atomic mass is 10.0. The van der Waals surface area contributed by atoms with E-state index in [1.54, 1.807) is 6.08 Å². The number of nitrogens with zero attached hydrogens (tertiary/aromatic N) is 2. The summed E-state index contributed by atoms with van der Waals surface area (Å²) in [5.41, 5.74) is 4.70. The summed E-state index contributed by atoms with van der Waals surface area (Å²) < 4.78 is 0. The van der Waals surface area contributed by atoms with E-state index in [2.05, 4.69) is 72.4 Å². The standard InChI is InChI=1S/C25H33N3O/c1-4-21(22-8-6-5-7-9-22)18-25(29)26-19-24(23-12-10-20(2)11-13-23)28-16-14-27(3)15-17-28/h5-13,18,24H,4,14-17,19H2,1-3H3,(H,26,29)/b21-18+. The molecule has 0 spiro atoms. The lowest BCUT2D eigenvalue weighted by Crippen LogP contribution is -2.48. The molecule has 1 unspecified atom stereocenters. The zero-order valence-electron chi connectivity index (χ0n) is 17.9. The maximum Gasteiger partial charge on any atom is 0.244 e. The Balaban J connectivity index is 1.71. The van der Waals surface area contributed by atoms with Crippen molar-refractivity contribution in [3.8, 4) is 0 Å². The molecular formula is C25H33N3O. The third-order valence-electron chi connectivity index (χ3n) is 5.74. The number of allylic oxidation sites excluding steroid dienone is 1. The Bertz CT molecular complexity index is 806. The summed E-state index contributed by atoms with van der Waals surface area (Å²) in [7, 11) is 2.17. The fraction of sp³-hybridized carbons (Fsp3) is 0.400. The maximum atomic E-state index is 12.7. The number of aryl methyl sites for hydroxylation is 1. The minimum atomic E-state index is -0.0167. The van der Waals surface area contributed by atoms with Crippen LogP contribution in [0.3, 0.4) is 0 Å². The van der Waals surface area contributed by atoms with Gasteiger partial charge in [-0.1, -0.05) is 67.1 Å². The first-order valence-corrected chi connectivity index (χ1v) is 10.6. The van der Waals surface area contributed by atoms with E-state index >= 15 is 0 Å². The SMILES string of the molecule is CC/C(=C\C(=O)NCC(c1ccc(C)cc1)N1CCN(C)CC1)c1ccccc1. The van der Waals surface area contributed by atoms with E-state index in [-0.39, 0.29) is 11.9 Å². The fourth-order valence-corrected chi connectivity index (χ4v) is 3.83. The quantitative estimate of drug-likeness (QED) is 0.727. The summed E-state index contributed by atoms with van der Waals surface area (Å²) in [5.74, 6) is -0.0167. The number of hydrogen-bond acceptors (Lipinski definition) is 3. The van der Waals surface area contributed by atoms with E-state index in [1.807, 2.05) is 18.2 Å². The third-order valence-corrected chi connectivity index (χ3v) is 5.74. The lowest BCUT2D eigenvalue weighted by Gasteiger charge is -2.38. The number of nitrogens with one attached hydrogen (secondary N) is 1. The summed E-state index contributed by atoms with van der Waals surface area (Å²) in [6, 6.07) is 19.0. The van der Waals surface area contributed by atoms with Gasteiger partial charge in [0.15, 0.2) is 0 Å². The number of amides is 1. The molecule has 154 valence electrons. The Morgan fingerprint density at radius 3 is 2.31 bits per heavy atom. The summed E-state index contributed by atoms with van der Waals surface area (Å²) in [6.07, 6.45) is 2.59. The predicted molar refractivity (Wildman–Crippen MR) is 121 cm³/mol. The van der Waals surface area contributed by atoms with Gasteiger partial charge in [0.2, 0.25) is 5.91 Å². The molecule has 1 fully saturated rings. The van der Waals surface area contributed by atoms with Crippen LogP contribution in [0.4, 0.5) is 0 Å². The van der Waals surface area contributed by atoms with Crippen LogP contribution < -0.4 is 5.32 Å². The molecule has 1 heterocycles. The molecule has 0 aromatic heterocycles. The van der Waals surface area contributed by atoms with Gasteiger partial charge in [-0.2, -0.15) is 0 Å². The van der Waals surface area contributed by atoms with Crippen molar-refractivity contribution in [2.75, 3.05) is 39.8 Å². The molecule has 4 nitrogen and oxygen atoms in total. The van der Waals surface area contributed by atoms with Crippen molar-refractivity contribution in [1.82, 2.24) is 15.1 Å². The molecule has 1 N–H and O–H groups in total. The first-order valence-electron chi connectivity index (χ1n) is 10.6. The molecule has 0 bridgehead atoms. The average Bonchev–Trinajstić information content (AvgIpc) is 2.75. The second kappa shape index (κ2) is 10.4. The Kier molecular flexibility index (Phi) is 7.62. The lowest BCUT2D eigenvalue weighted by molar-refractivity contribution is -0.116. The highest BCUT2D eigenvalue weighted by Gasteiger charge is 2.24. The predicted octanol–water partition coefficient (Wildman–Crippen LogP) is 3.89. The smallest absolute Gasteiger partial charge is 0.244 e. The van der Waals surface area contributed by atoms with Gasteiger partial charge in [-0.15, -0.1) is 0 Å². The van der Waals surface area contributed by atoms with Gasteiger partial charge in [0.05, 0.1) is 6.04 Å². The Hall–Kier alpha value is -2.43. The maximum absolute atomic E-state index is 12.7. The van der Waals surface area contributed by atoms with Crippen molar-refractivity contribution < 1.29 is 4.79 Å². The van der Waals surface area contributed by atoms with Crippen LogP contribution in [0.2, 0.25) is 0 Å². The van der Waals surface area contributed by atoms with Crippen LogP contribution in [-0.4, -0.2) is 55.5 Å². The second-order valence-corrected chi connectivity index (χ2v) is 7.90. The van der Waals surface area contributed by atoms with Crippen LogP contribution in [0, 0.1) is 6.92 Å². The van der Waals surface area contributed by atoms with Crippen LogP contribution in [0.25, 0.3) is 5.57 Å². The molecule has 2 aromatic carbocycles. The zero-order valence-corrected chi connectivity index (χ0v) is 17.9. The van der Waals surface area contributed by atoms with Crippen LogP contribution >= 0.6 is 0 Å². The van der Waals surface area contributed by atoms with Crippen LogP contribution in [0.5, 0.6) is 0 Å². The molecule has 1 amide bonds. The molecule has 1 aliphatic heterocycles. The van der Waals surface area contributed by atoms with Crippen LogP contribution in [0.15, 0.2) is 60.7 Å². The average molecular weight is 392 g/mol. The van der Waals surface area contributed by atoms with Crippen molar-refractivity contribution in [2.45, 2.75) is 26.3 Å². The summed E-state index contributed by atoms with van der Waals surface area (Å²) >= 11 is 0. The van der Waals surface area contributed by atoms with E-state index in [1.165, 1.54) is 11.1 Å². The summed E-state index contributed by atoms with van der Waals surface area (Å²) in [4.78, 5) is 17.5. The molecule has 1 aliphatic rings. The van der Waals surface area contributed by atoms with Crippen molar-refractivity contribution in [1.29, 1.82) is 0 Å². The van der Waals surface area contributed by atoms with E-state index in [9.17, 15) is 4.79 Å². The number of rotatable bonds is 7. The first-order chi connectivity index (χ1) is 14.1. The van der Waals surface area contributed by atoms with Gasteiger partial charge >= 0.3 is 0 Å². The van der Waals surface area contributed by atoms with Crippen molar-refractivity contribution in [2.24, 2.45) is 0 Å². The number of carbonyl (C=O) groups is 1. The molecule has 4 heteroatoms. The third kappa shape index (κ3) is 6.02. The largest absolute Gasteiger partial charge is 0.351 e. The van der Waals surface area contributed by atoms with Crippen LogP contribution in [-0.2, 0) is 4.79 Å². The van der Waals surface area contributed by atoms with E-state index in [0.717, 1.165) is 43.7 Å². The molecule has 0 radical (unpaired) electrons. The number of likely N-dealkylation sites (N-methyl/N-ethyl adjacent to an activating group) is 1.